The fourth-order valence-electron chi connectivity index (χ4n) is 7.20. The van der Waals surface area contributed by atoms with Gasteiger partial charge in [-0.1, -0.05) is 89.1 Å². The van der Waals surface area contributed by atoms with Gasteiger partial charge < -0.3 is 25.2 Å². The third-order valence-electron chi connectivity index (χ3n) is 10.4. The van der Waals surface area contributed by atoms with Crippen LogP contribution >= 0.6 is 0 Å². The monoisotopic (exact) mass is 672 g/mol. The van der Waals surface area contributed by atoms with Gasteiger partial charge in [-0.2, -0.15) is 0 Å². The van der Waals surface area contributed by atoms with Crippen LogP contribution in [0.15, 0.2) is 54.6 Å². The van der Waals surface area contributed by atoms with Crippen LogP contribution in [-0.2, 0) is 14.3 Å². The Morgan fingerprint density at radius 2 is 1.39 bits per heavy atom. The SMILES string of the molecule is CCCCCCCO[C@@H]1CN(C(=O)c2ccc(C(=O)N3CC[C@H](C(=O)N[C@H]4C[C@@H]4c4ccccc4)C3)cc2)C[C@H]1C(=O)NCCCCCC. The average molecular weight is 673 g/mol. The van der Waals surface area contributed by atoms with E-state index in [1.807, 2.05) is 18.2 Å². The normalized spacial score (nSPS) is 23.0. The van der Waals surface area contributed by atoms with Crippen LogP contribution in [0, 0.1) is 11.8 Å². The number of ether oxygens (including phenoxy) is 1. The van der Waals surface area contributed by atoms with Gasteiger partial charge in [0.2, 0.25) is 11.8 Å². The number of nitrogens with zero attached hydrogens (tertiary/aromatic N) is 2. The minimum absolute atomic E-state index is 0.0209. The highest BCUT2D eigenvalue weighted by atomic mass is 16.5. The van der Waals surface area contributed by atoms with E-state index in [1.54, 1.807) is 34.1 Å². The average Bonchev–Trinajstić information content (AvgIpc) is 3.49. The van der Waals surface area contributed by atoms with Crippen molar-refractivity contribution in [1.82, 2.24) is 20.4 Å². The van der Waals surface area contributed by atoms with Gasteiger partial charge in [-0.05, 0) is 55.5 Å². The molecule has 9 nitrogen and oxygen atoms in total. The maximum Gasteiger partial charge on any atom is 0.253 e. The molecule has 0 spiro atoms. The summed E-state index contributed by atoms with van der Waals surface area (Å²) >= 11 is 0. The van der Waals surface area contributed by atoms with Crippen molar-refractivity contribution >= 4 is 23.6 Å². The van der Waals surface area contributed by atoms with E-state index in [0.717, 1.165) is 44.9 Å². The predicted octanol–water partition coefficient (Wildman–Crippen LogP) is 5.95. The topological polar surface area (TPSA) is 108 Å². The Labute approximate surface area is 292 Å². The van der Waals surface area contributed by atoms with Crippen LogP contribution in [0.5, 0.6) is 0 Å². The standard InChI is InChI=1S/C40H56N4O5/c1-3-5-7-9-14-24-49-36-28-44(27-34(36)38(46)41-22-13-8-6-4-2)40(48)31-19-17-30(18-20-31)39(47)43-23-21-32(26-43)37(45)42-35-25-33(35)29-15-11-10-12-16-29/h10-12,15-20,32-36H,3-9,13-14,21-28H2,1-2H3,(H,41,46)(H,42,45)/t32-,33+,34+,35-,36+/m0/s1. The molecule has 2 saturated heterocycles. The maximum absolute atomic E-state index is 13.6. The first-order valence-electron chi connectivity index (χ1n) is 18.8. The van der Waals surface area contributed by atoms with Crippen LogP contribution in [0.25, 0.3) is 0 Å². The molecule has 0 radical (unpaired) electrons. The first kappa shape index (κ1) is 36.6. The number of nitrogens with one attached hydrogen (secondary N) is 2. The molecule has 2 aliphatic heterocycles. The first-order chi connectivity index (χ1) is 23.9. The second-order valence-electron chi connectivity index (χ2n) is 14.2. The third kappa shape index (κ3) is 10.2. The quantitative estimate of drug-likeness (QED) is 0.191. The molecule has 0 bridgehead atoms. The highest BCUT2D eigenvalue weighted by Gasteiger charge is 2.42. The molecule has 2 aromatic rings. The number of hydrogen-bond donors (Lipinski definition) is 2. The van der Waals surface area contributed by atoms with E-state index < -0.39 is 5.92 Å². The molecule has 2 aromatic carbocycles. The van der Waals surface area contributed by atoms with E-state index in [4.69, 9.17) is 4.74 Å². The fourth-order valence-corrected chi connectivity index (χ4v) is 7.20. The van der Waals surface area contributed by atoms with E-state index >= 15 is 0 Å². The summed E-state index contributed by atoms with van der Waals surface area (Å²) in [6.45, 7) is 7.18. The molecule has 0 unspecified atom stereocenters. The molecule has 0 aromatic heterocycles. The van der Waals surface area contributed by atoms with Crippen molar-refractivity contribution in [2.45, 2.75) is 103 Å². The number of rotatable bonds is 18. The van der Waals surface area contributed by atoms with Gasteiger partial charge in [-0.3, -0.25) is 19.2 Å². The first-order valence-corrected chi connectivity index (χ1v) is 18.8. The number of likely N-dealkylation sites (tertiary alicyclic amines) is 2. The van der Waals surface area contributed by atoms with Gasteiger partial charge in [0, 0.05) is 62.4 Å². The number of benzene rings is 2. The number of carbonyl (C=O) groups is 4. The Kier molecular flexibility index (Phi) is 13.7. The van der Waals surface area contributed by atoms with E-state index in [2.05, 4.69) is 36.6 Å². The van der Waals surface area contributed by atoms with Gasteiger partial charge in [0.1, 0.15) is 0 Å². The van der Waals surface area contributed by atoms with Crippen molar-refractivity contribution in [2.75, 3.05) is 39.3 Å². The zero-order valence-corrected chi connectivity index (χ0v) is 29.5. The van der Waals surface area contributed by atoms with Gasteiger partial charge in [-0.25, -0.2) is 0 Å². The number of carbonyl (C=O) groups excluding carboxylic acids is 4. The van der Waals surface area contributed by atoms with Gasteiger partial charge >= 0.3 is 0 Å². The molecule has 5 atom stereocenters. The molecule has 5 rings (SSSR count). The molecule has 1 saturated carbocycles. The summed E-state index contributed by atoms with van der Waals surface area (Å²) in [6.07, 6.45) is 11.2. The van der Waals surface area contributed by atoms with Gasteiger partial charge in [0.05, 0.1) is 17.9 Å². The van der Waals surface area contributed by atoms with Crippen molar-refractivity contribution in [1.29, 1.82) is 0 Å². The molecule has 2 N–H and O–H groups in total. The van der Waals surface area contributed by atoms with Crippen LogP contribution < -0.4 is 10.6 Å². The van der Waals surface area contributed by atoms with Crippen LogP contribution in [0.1, 0.15) is 117 Å². The Morgan fingerprint density at radius 3 is 2.08 bits per heavy atom. The summed E-state index contributed by atoms with van der Waals surface area (Å²) in [7, 11) is 0. The minimum atomic E-state index is -0.406. The number of amides is 4. The molecule has 266 valence electrons. The lowest BCUT2D eigenvalue weighted by Gasteiger charge is -2.18. The Balaban J connectivity index is 1.11. The predicted molar refractivity (Wildman–Crippen MR) is 191 cm³/mol. The lowest BCUT2D eigenvalue weighted by Crippen LogP contribution is -2.38. The Morgan fingerprint density at radius 1 is 0.735 bits per heavy atom. The highest BCUT2D eigenvalue weighted by molar-refractivity contribution is 5.98. The number of unbranched alkanes of at least 4 members (excludes halogenated alkanes) is 7. The second kappa shape index (κ2) is 18.3. The van der Waals surface area contributed by atoms with E-state index in [-0.39, 0.29) is 41.7 Å². The van der Waals surface area contributed by atoms with Gasteiger partial charge in [0.15, 0.2) is 0 Å². The summed E-state index contributed by atoms with van der Waals surface area (Å²) in [5.74, 6) is -0.580. The summed E-state index contributed by atoms with van der Waals surface area (Å²) < 4.78 is 6.23. The molecule has 9 heteroatoms. The Hall–Kier alpha value is -3.72. The van der Waals surface area contributed by atoms with Crippen LogP contribution in [0.3, 0.4) is 0 Å². The maximum atomic E-state index is 13.6. The Bertz CT molecular complexity index is 1380. The van der Waals surface area contributed by atoms with Crippen LogP contribution in [-0.4, -0.2) is 84.9 Å². The summed E-state index contributed by atoms with van der Waals surface area (Å²) in [4.78, 5) is 56.6. The van der Waals surface area contributed by atoms with Crippen molar-refractivity contribution in [3.8, 4) is 0 Å². The van der Waals surface area contributed by atoms with E-state index in [0.29, 0.717) is 62.8 Å². The lowest BCUT2D eigenvalue weighted by molar-refractivity contribution is -0.128. The van der Waals surface area contributed by atoms with Crippen molar-refractivity contribution < 1.29 is 23.9 Å². The number of hydrogen-bond acceptors (Lipinski definition) is 5. The van der Waals surface area contributed by atoms with Crippen molar-refractivity contribution in [2.24, 2.45) is 11.8 Å². The van der Waals surface area contributed by atoms with Gasteiger partial charge in [-0.15, -0.1) is 0 Å². The molecular formula is C40H56N4O5. The molecule has 49 heavy (non-hydrogen) atoms. The lowest BCUT2D eigenvalue weighted by atomic mass is 10.0. The zero-order chi connectivity index (χ0) is 34.6. The summed E-state index contributed by atoms with van der Waals surface area (Å²) in [5, 5.41) is 6.27. The minimum Gasteiger partial charge on any atom is -0.375 e. The van der Waals surface area contributed by atoms with Crippen LogP contribution in [0.4, 0.5) is 0 Å². The molecule has 4 amide bonds. The zero-order valence-electron chi connectivity index (χ0n) is 29.5. The highest BCUT2D eigenvalue weighted by Crippen LogP contribution is 2.41. The van der Waals surface area contributed by atoms with Crippen LogP contribution in [0.2, 0.25) is 0 Å². The molecule has 3 aliphatic rings. The smallest absolute Gasteiger partial charge is 0.253 e. The molecule has 3 fully saturated rings. The van der Waals surface area contributed by atoms with Crippen molar-refractivity contribution in [3.05, 3.63) is 71.3 Å². The second-order valence-corrected chi connectivity index (χ2v) is 14.2. The molecule has 2 heterocycles. The van der Waals surface area contributed by atoms with E-state index in [1.165, 1.54) is 24.8 Å². The summed E-state index contributed by atoms with van der Waals surface area (Å²) in [6, 6.07) is 17.2. The largest absolute Gasteiger partial charge is 0.375 e. The van der Waals surface area contributed by atoms with Crippen molar-refractivity contribution in [3.63, 3.8) is 0 Å². The fraction of sp³-hybridized carbons (Fsp3) is 0.600. The molecule has 1 aliphatic carbocycles. The third-order valence-corrected chi connectivity index (χ3v) is 10.4. The van der Waals surface area contributed by atoms with E-state index in [9.17, 15) is 19.2 Å². The molecular weight excluding hydrogens is 616 g/mol. The van der Waals surface area contributed by atoms with Gasteiger partial charge in [0.25, 0.3) is 11.8 Å². The summed E-state index contributed by atoms with van der Waals surface area (Å²) in [5.41, 5.74) is 2.23.